The molecule has 2 aliphatic rings. The first-order valence-electron chi connectivity index (χ1n) is 6.81. The number of anilines is 1. The van der Waals surface area contributed by atoms with E-state index in [0.29, 0.717) is 6.04 Å². The number of hydrogen-bond donors (Lipinski definition) is 1. The first-order chi connectivity index (χ1) is 8.88. The highest BCUT2D eigenvalue weighted by molar-refractivity contribution is 5.54. The number of aromatic nitrogens is 1. The van der Waals surface area contributed by atoms with Gasteiger partial charge in [0.15, 0.2) is 0 Å². The summed E-state index contributed by atoms with van der Waals surface area (Å²) >= 11 is 0. The topological polar surface area (TPSA) is 45.2 Å². The highest BCUT2D eigenvalue weighted by Gasteiger charge is 2.28. The highest BCUT2D eigenvalue weighted by atomic mass is 16.1. The molecule has 18 heavy (non-hydrogen) atoms. The molecule has 0 spiro atoms. The molecule has 2 heterocycles. The van der Waals surface area contributed by atoms with E-state index in [1.807, 2.05) is 17.2 Å². The Balaban J connectivity index is 1.83. The Kier molecular flexibility index (Phi) is 3.17. The van der Waals surface area contributed by atoms with Crippen molar-refractivity contribution in [2.45, 2.75) is 44.2 Å². The molecule has 1 aliphatic heterocycles. The van der Waals surface area contributed by atoms with E-state index in [-0.39, 0.29) is 6.04 Å². The molecule has 1 saturated carbocycles. The van der Waals surface area contributed by atoms with Crippen LogP contribution in [-0.4, -0.2) is 28.9 Å². The number of amides is 1. The third kappa shape index (κ3) is 2.07. The lowest BCUT2D eigenvalue weighted by atomic mass is 9.93. The Morgan fingerprint density at radius 3 is 2.94 bits per heavy atom. The molecule has 3 rings (SSSR count). The van der Waals surface area contributed by atoms with Crippen LogP contribution in [0, 0.1) is 0 Å². The Morgan fingerprint density at radius 2 is 2.22 bits per heavy atom. The van der Waals surface area contributed by atoms with Crippen LogP contribution in [0.15, 0.2) is 18.3 Å². The summed E-state index contributed by atoms with van der Waals surface area (Å²) in [5.41, 5.74) is 1.18. The zero-order chi connectivity index (χ0) is 12.4. The summed E-state index contributed by atoms with van der Waals surface area (Å²) in [5, 5.41) is 3.51. The number of rotatable bonds is 4. The van der Waals surface area contributed by atoms with Gasteiger partial charge in [-0.15, -0.1) is 0 Å². The van der Waals surface area contributed by atoms with Crippen LogP contribution in [0.25, 0.3) is 0 Å². The predicted molar refractivity (Wildman–Crippen MR) is 70.2 cm³/mol. The normalized spacial score (nSPS) is 23.8. The van der Waals surface area contributed by atoms with Crippen LogP contribution in [-0.2, 0) is 4.79 Å². The fraction of sp³-hybridized carbons (Fsp3) is 0.571. The summed E-state index contributed by atoms with van der Waals surface area (Å²) in [7, 11) is 0. The van der Waals surface area contributed by atoms with Crippen molar-refractivity contribution in [2.75, 3.05) is 11.9 Å². The van der Waals surface area contributed by atoms with Crippen molar-refractivity contribution in [3.8, 4) is 0 Å². The number of likely N-dealkylation sites (tertiary alicyclic amines) is 1. The molecule has 96 valence electrons. The van der Waals surface area contributed by atoms with Gasteiger partial charge in [0, 0.05) is 24.3 Å². The molecule has 1 saturated heterocycles. The molecule has 1 aromatic rings. The van der Waals surface area contributed by atoms with Crippen molar-refractivity contribution in [1.82, 2.24) is 9.88 Å². The van der Waals surface area contributed by atoms with Crippen LogP contribution in [0.3, 0.4) is 0 Å². The molecule has 4 heteroatoms. The number of hydrogen-bond acceptors (Lipinski definition) is 3. The molecule has 2 fully saturated rings. The smallest absolute Gasteiger partial charge is 0.210 e. The van der Waals surface area contributed by atoms with Gasteiger partial charge in [-0.25, -0.2) is 4.98 Å². The van der Waals surface area contributed by atoms with Gasteiger partial charge < -0.3 is 10.2 Å². The van der Waals surface area contributed by atoms with Gasteiger partial charge in [0.2, 0.25) is 6.41 Å². The van der Waals surface area contributed by atoms with E-state index in [9.17, 15) is 4.79 Å². The molecule has 1 atom stereocenters. The minimum absolute atomic E-state index is 0.207. The maximum atomic E-state index is 11.1. The minimum Gasteiger partial charge on any atom is -0.367 e. The zero-order valence-corrected chi connectivity index (χ0v) is 10.5. The number of carbonyl (C=O) groups excluding carboxylic acids is 1. The number of carbonyl (C=O) groups is 1. The number of pyridine rings is 1. The van der Waals surface area contributed by atoms with Gasteiger partial charge >= 0.3 is 0 Å². The van der Waals surface area contributed by atoms with Crippen molar-refractivity contribution in [3.05, 3.63) is 23.9 Å². The maximum Gasteiger partial charge on any atom is 0.210 e. The van der Waals surface area contributed by atoms with Crippen LogP contribution < -0.4 is 5.32 Å². The summed E-state index contributed by atoms with van der Waals surface area (Å²) in [5.74, 6) is 0.973. The highest BCUT2D eigenvalue weighted by Crippen LogP contribution is 2.35. The molecule has 1 N–H and O–H groups in total. The third-order valence-corrected chi connectivity index (χ3v) is 4.07. The average molecular weight is 245 g/mol. The van der Waals surface area contributed by atoms with Crippen molar-refractivity contribution in [2.24, 2.45) is 0 Å². The van der Waals surface area contributed by atoms with Gasteiger partial charge in [-0.2, -0.15) is 0 Å². The van der Waals surface area contributed by atoms with E-state index < -0.39 is 0 Å². The minimum atomic E-state index is 0.207. The maximum absolute atomic E-state index is 11.1. The largest absolute Gasteiger partial charge is 0.367 e. The van der Waals surface area contributed by atoms with E-state index in [4.69, 9.17) is 0 Å². The van der Waals surface area contributed by atoms with Crippen molar-refractivity contribution >= 4 is 12.2 Å². The summed E-state index contributed by atoms with van der Waals surface area (Å²) in [6.45, 7) is 0.867. The molecular weight excluding hydrogens is 226 g/mol. The molecule has 1 aliphatic carbocycles. The molecule has 4 nitrogen and oxygen atoms in total. The lowest BCUT2D eigenvalue weighted by Gasteiger charge is -2.29. The van der Waals surface area contributed by atoms with Crippen LogP contribution in [0.5, 0.6) is 0 Å². The lowest BCUT2D eigenvalue weighted by molar-refractivity contribution is -0.118. The SMILES string of the molecule is O=CN1CCC[C@@H]1c1cccnc1NC1CCC1. The van der Waals surface area contributed by atoms with Crippen molar-refractivity contribution in [3.63, 3.8) is 0 Å². The van der Waals surface area contributed by atoms with Gasteiger partial charge in [0.25, 0.3) is 0 Å². The predicted octanol–water partition coefficient (Wildman–Crippen LogP) is 2.34. The van der Waals surface area contributed by atoms with Crippen LogP contribution in [0.4, 0.5) is 5.82 Å². The van der Waals surface area contributed by atoms with Gasteiger partial charge in [0.1, 0.15) is 5.82 Å². The Morgan fingerprint density at radius 1 is 1.33 bits per heavy atom. The summed E-state index contributed by atoms with van der Waals surface area (Å²) in [6.07, 6.45) is 8.70. The first kappa shape index (κ1) is 11.5. The van der Waals surface area contributed by atoms with Gasteiger partial charge in [-0.3, -0.25) is 4.79 Å². The van der Waals surface area contributed by atoms with Gasteiger partial charge in [-0.1, -0.05) is 6.07 Å². The van der Waals surface area contributed by atoms with E-state index in [2.05, 4.69) is 16.4 Å². The van der Waals surface area contributed by atoms with Gasteiger partial charge in [-0.05, 0) is 38.2 Å². The van der Waals surface area contributed by atoms with Crippen LogP contribution in [0.2, 0.25) is 0 Å². The first-order valence-corrected chi connectivity index (χ1v) is 6.81. The quantitative estimate of drug-likeness (QED) is 0.828. The van der Waals surface area contributed by atoms with E-state index in [1.54, 1.807) is 0 Å². The summed E-state index contributed by atoms with van der Waals surface area (Å²) in [6, 6.07) is 4.84. The molecule has 0 bridgehead atoms. The van der Waals surface area contributed by atoms with E-state index >= 15 is 0 Å². The second kappa shape index (κ2) is 4.96. The molecular formula is C14H19N3O. The average Bonchev–Trinajstić information content (AvgIpc) is 2.82. The Labute approximate surface area is 107 Å². The molecule has 0 aromatic carbocycles. The monoisotopic (exact) mass is 245 g/mol. The Hall–Kier alpha value is -1.58. The molecule has 0 unspecified atom stereocenters. The number of nitrogens with zero attached hydrogens (tertiary/aromatic N) is 2. The van der Waals surface area contributed by atoms with Crippen molar-refractivity contribution < 1.29 is 4.79 Å². The third-order valence-electron chi connectivity index (χ3n) is 4.07. The van der Waals surface area contributed by atoms with Crippen LogP contribution in [0.1, 0.15) is 43.7 Å². The van der Waals surface area contributed by atoms with Gasteiger partial charge in [0.05, 0.1) is 6.04 Å². The molecule has 0 radical (unpaired) electrons. The number of nitrogens with one attached hydrogen (secondary N) is 1. The van der Waals surface area contributed by atoms with E-state index in [0.717, 1.165) is 31.6 Å². The summed E-state index contributed by atoms with van der Waals surface area (Å²) < 4.78 is 0. The lowest BCUT2D eigenvalue weighted by Crippen LogP contribution is -2.29. The zero-order valence-electron chi connectivity index (χ0n) is 10.5. The Bertz CT molecular complexity index is 431. The summed E-state index contributed by atoms with van der Waals surface area (Å²) in [4.78, 5) is 17.4. The molecule has 1 amide bonds. The fourth-order valence-electron chi connectivity index (χ4n) is 2.80. The van der Waals surface area contributed by atoms with E-state index in [1.165, 1.54) is 24.8 Å². The van der Waals surface area contributed by atoms with Crippen LogP contribution >= 0.6 is 0 Å². The second-order valence-corrected chi connectivity index (χ2v) is 5.21. The standard InChI is InChI=1S/C14H19N3O/c18-10-17-9-3-7-13(17)12-6-2-8-15-14(12)16-11-4-1-5-11/h2,6,8,10-11,13H,1,3-5,7,9H2,(H,15,16)/t13-/m1/s1. The van der Waals surface area contributed by atoms with Crippen molar-refractivity contribution in [1.29, 1.82) is 0 Å². The second-order valence-electron chi connectivity index (χ2n) is 5.21. The fourth-order valence-corrected chi connectivity index (χ4v) is 2.80. The molecule has 1 aromatic heterocycles.